The molecular weight excluding hydrogens is 254 g/mol. The lowest BCUT2D eigenvalue weighted by Crippen LogP contribution is -2.53. The highest BCUT2D eigenvalue weighted by Gasteiger charge is 2.44. The molecular formula is C16H31NO3. The molecule has 2 rings (SSSR count). The second-order valence-electron chi connectivity index (χ2n) is 6.61. The maximum atomic E-state index is 6.07. The summed E-state index contributed by atoms with van der Waals surface area (Å²) in [5, 5.41) is 3.67. The third-order valence-corrected chi connectivity index (χ3v) is 4.83. The number of hydrogen-bond donors (Lipinski definition) is 1. The van der Waals surface area contributed by atoms with Gasteiger partial charge in [0.2, 0.25) is 0 Å². The third kappa shape index (κ3) is 3.53. The Morgan fingerprint density at radius 3 is 2.70 bits per heavy atom. The van der Waals surface area contributed by atoms with Crippen molar-refractivity contribution in [1.29, 1.82) is 0 Å². The Kier molecular flexibility index (Phi) is 5.84. The van der Waals surface area contributed by atoms with E-state index in [1.807, 2.05) is 7.11 Å². The zero-order valence-electron chi connectivity index (χ0n) is 13.5. The maximum absolute atomic E-state index is 6.07. The summed E-state index contributed by atoms with van der Waals surface area (Å²) in [5.74, 6) is 1.13. The summed E-state index contributed by atoms with van der Waals surface area (Å²) in [6, 6.07) is 0.409. The van der Waals surface area contributed by atoms with Gasteiger partial charge in [-0.25, -0.2) is 0 Å². The average Bonchev–Trinajstić information content (AvgIpc) is 2.86. The standard InChI is InChI=1S/C16H31NO3/c1-5-17-14(15(18-4)12(2)3)13-6-8-20-16(10-13)7-9-19-11-16/h12-15,17H,5-11H2,1-4H3. The lowest BCUT2D eigenvalue weighted by Gasteiger charge is -2.43. The van der Waals surface area contributed by atoms with Crippen molar-refractivity contribution in [2.75, 3.05) is 33.5 Å². The highest BCUT2D eigenvalue weighted by atomic mass is 16.6. The smallest absolute Gasteiger partial charge is 0.0939 e. The van der Waals surface area contributed by atoms with Crippen molar-refractivity contribution in [2.45, 2.75) is 57.8 Å². The predicted molar refractivity (Wildman–Crippen MR) is 79.9 cm³/mol. The van der Waals surface area contributed by atoms with E-state index in [2.05, 4.69) is 26.1 Å². The minimum absolute atomic E-state index is 0.0220. The number of hydrogen-bond acceptors (Lipinski definition) is 4. The molecule has 2 saturated heterocycles. The van der Waals surface area contributed by atoms with E-state index in [-0.39, 0.29) is 11.7 Å². The van der Waals surface area contributed by atoms with Crippen molar-refractivity contribution in [3.8, 4) is 0 Å². The van der Waals surface area contributed by atoms with Crippen LogP contribution >= 0.6 is 0 Å². The highest BCUT2D eigenvalue weighted by molar-refractivity contribution is 4.96. The molecule has 20 heavy (non-hydrogen) atoms. The van der Waals surface area contributed by atoms with Crippen molar-refractivity contribution in [3.05, 3.63) is 0 Å². The number of ether oxygens (including phenoxy) is 3. The van der Waals surface area contributed by atoms with Crippen molar-refractivity contribution in [3.63, 3.8) is 0 Å². The Bertz CT molecular complexity index is 289. The molecule has 2 aliphatic rings. The molecule has 2 fully saturated rings. The van der Waals surface area contributed by atoms with Crippen LogP contribution in [0.2, 0.25) is 0 Å². The number of likely N-dealkylation sites (N-methyl/N-ethyl adjacent to an activating group) is 1. The van der Waals surface area contributed by atoms with Gasteiger partial charge in [-0.2, -0.15) is 0 Å². The quantitative estimate of drug-likeness (QED) is 0.812. The molecule has 4 unspecified atom stereocenters. The number of nitrogens with one attached hydrogen (secondary N) is 1. The molecule has 2 aliphatic heterocycles. The molecule has 4 nitrogen and oxygen atoms in total. The van der Waals surface area contributed by atoms with Crippen molar-refractivity contribution in [2.24, 2.45) is 11.8 Å². The Labute approximate surface area is 123 Å². The van der Waals surface area contributed by atoms with E-state index < -0.39 is 0 Å². The van der Waals surface area contributed by atoms with Crippen molar-refractivity contribution in [1.82, 2.24) is 5.32 Å². The molecule has 0 aromatic rings. The molecule has 0 saturated carbocycles. The lowest BCUT2D eigenvalue weighted by molar-refractivity contribution is -0.113. The SMILES string of the molecule is CCNC(C1CCOC2(CCOC2)C1)C(OC)C(C)C. The van der Waals surface area contributed by atoms with Gasteiger partial charge in [-0.05, 0) is 31.2 Å². The second kappa shape index (κ2) is 7.21. The van der Waals surface area contributed by atoms with E-state index in [0.717, 1.165) is 45.6 Å². The summed E-state index contributed by atoms with van der Waals surface area (Å²) in [6.45, 7) is 10.1. The van der Waals surface area contributed by atoms with Crippen LogP contribution < -0.4 is 5.32 Å². The number of rotatable bonds is 6. The van der Waals surface area contributed by atoms with Crippen LogP contribution in [0, 0.1) is 11.8 Å². The number of methoxy groups -OCH3 is 1. The summed E-state index contributed by atoms with van der Waals surface area (Å²) in [7, 11) is 1.84. The Morgan fingerprint density at radius 1 is 1.35 bits per heavy atom. The van der Waals surface area contributed by atoms with Crippen LogP contribution in [-0.4, -0.2) is 51.2 Å². The normalized spacial score (nSPS) is 33.8. The van der Waals surface area contributed by atoms with Crippen LogP contribution in [0.4, 0.5) is 0 Å². The van der Waals surface area contributed by atoms with E-state index in [1.165, 1.54) is 0 Å². The maximum Gasteiger partial charge on any atom is 0.0939 e. The molecule has 2 heterocycles. The summed E-state index contributed by atoms with van der Waals surface area (Å²) in [6.07, 6.45) is 3.52. The van der Waals surface area contributed by atoms with Gasteiger partial charge in [-0.3, -0.25) is 0 Å². The topological polar surface area (TPSA) is 39.7 Å². The summed E-state index contributed by atoms with van der Waals surface area (Å²) in [5.41, 5.74) is -0.0220. The van der Waals surface area contributed by atoms with Crippen molar-refractivity contribution < 1.29 is 14.2 Å². The second-order valence-corrected chi connectivity index (χ2v) is 6.61. The molecule has 118 valence electrons. The fraction of sp³-hybridized carbons (Fsp3) is 1.00. The van der Waals surface area contributed by atoms with E-state index in [0.29, 0.717) is 17.9 Å². The summed E-state index contributed by atoms with van der Waals surface area (Å²) in [4.78, 5) is 0. The minimum Gasteiger partial charge on any atom is -0.380 e. The largest absolute Gasteiger partial charge is 0.380 e. The van der Waals surface area contributed by atoms with Crippen LogP contribution in [0.15, 0.2) is 0 Å². The molecule has 0 radical (unpaired) electrons. The van der Waals surface area contributed by atoms with Crippen LogP contribution in [-0.2, 0) is 14.2 Å². The Balaban J connectivity index is 2.07. The molecule has 0 aliphatic carbocycles. The first kappa shape index (κ1) is 16.2. The lowest BCUT2D eigenvalue weighted by atomic mass is 9.77. The molecule has 0 aromatic carbocycles. The zero-order valence-corrected chi connectivity index (χ0v) is 13.5. The summed E-state index contributed by atoms with van der Waals surface area (Å²) < 4.78 is 17.4. The molecule has 0 aromatic heterocycles. The van der Waals surface area contributed by atoms with Crippen LogP contribution in [0.1, 0.15) is 40.0 Å². The van der Waals surface area contributed by atoms with Crippen molar-refractivity contribution >= 4 is 0 Å². The van der Waals surface area contributed by atoms with Gasteiger partial charge in [0.05, 0.1) is 18.3 Å². The highest BCUT2D eigenvalue weighted by Crippen LogP contribution is 2.38. The van der Waals surface area contributed by atoms with Crippen LogP contribution in [0.3, 0.4) is 0 Å². The Hall–Kier alpha value is -0.160. The van der Waals surface area contributed by atoms with Gasteiger partial charge in [0.1, 0.15) is 0 Å². The van der Waals surface area contributed by atoms with Gasteiger partial charge in [-0.1, -0.05) is 20.8 Å². The first-order chi connectivity index (χ1) is 9.62. The molecule has 4 heteroatoms. The predicted octanol–water partition coefficient (Wildman–Crippen LogP) is 2.22. The van der Waals surface area contributed by atoms with E-state index >= 15 is 0 Å². The average molecular weight is 285 g/mol. The molecule has 0 amide bonds. The fourth-order valence-electron chi connectivity index (χ4n) is 3.86. The van der Waals surface area contributed by atoms with Gasteiger partial charge in [0, 0.05) is 32.8 Å². The van der Waals surface area contributed by atoms with E-state index in [9.17, 15) is 0 Å². The minimum atomic E-state index is -0.0220. The summed E-state index contributed by atoms with van der Waals surface area (Å²) >= 11 is 0. The van der Waals surface area contributed by atoms with Crippen LogP contribution in [0.25, 0.3) is 0 Å². The van der Waals surface area contributed by atoms with E-state index in [1.54, 1.807) is 0 Å². The van der Waals surface area contributed by atoms with E-state index in [4.69, 9.17) is 14.2 Å². The first-order valence-electron chi connectivity index (χ1n) is 8.10. The van der Waals surface area contributed by atoms with Gasteiger partial charge < -0.3 is 19.5 Å². The zero-order chi connectivity index (χ0) is 14.6. The first-order valence-corrected chi connectivity index (χ1v) is 8.10. The van der Waals surface area contributed by atoms with Gasteiger partial charge in [-0.15, -0.1) is 0 Å². The molecule has 1 N–H and O–H groups in total. The molecule has 4 atom stereocenters. The van der Waals surface area contributed by atoms with Gasteiger partial charge in [0.15, 0.2) is 0 Å². The van der Waals surface area contributed by atoms with Crippen LogP contribution in [0.5, 0.6) is 0 Å². The van der Waals surface area contributed by atoms with Gasteiger partial charge in [0.25, 0.3) is 0 Å². The molecule has 0 bridgehead atoms. The third-order valence-electron chi connectivity index (χ3n) is 4.83. The molecule has 1 spiro atoms. The van der Waals surface area contributed by atoms with Gasteiger partial charge >= 0.3 is 0 Å². The fourth-order valence-corrected chi connectivity index (χ4v) is 3.86. The Morgan fingerprint density at radius 2 is 2.15 bits per heavy atom. The monoisotopic (exact) mass is 285 g/mol.